The second-order valence-electron chi connectivity index (χ2n) is 4.50. The third kappa shape index (κ3) is 3.06. The second-order valence-corrected chi connectivity index (χ2v) is 4.50. The minimum atomic E-state index is -1.03. The maximum atomic E-state index is 13.5. The molecule has 0 aliphatic carbocycles. The van der Waals surface area contributed by atoms with Crippen LogP contribution in [0.2, 0.25) is 0 Å². The molecule has 0 amide bonds. The lowest BCUT2D eigenvalue weighted by Crippen LogP contribution is -2.37. The van der Waals surface area contributed by atoms with E-state index >= 15 is 0 Å². The highest BCUT2D eigenvalue weighted by Crippen LogP contribution is 2.26. The van der Waals surface area contributed by atoms with Crippen molar-refractivity contribution in [2.75, 3.05) is 24.2 Å². The number of anilines is 2. The number of aliphatic hydroxyl groups is 1. The average molecular weight is 230 g/mol. The first kappa shape index (κ1) is 12.7. The third-order valence-electron chi connectivity index (χ3n) is 2.05. The van der Waals surface area contributed by atoms with Gasteiger partial charge in [0.15, 0.2) is 11.6 Å². The molecule has 3 nitrogen and oxygen atoms in total. The molecule has 0 atom stereocenters. The summed E-state index contributed by atoms with van der Waals surface area (Å²) in [4.78, 5) is 1.32. The van der Waals surface area contributed by atoms with Crippen LogP contribution in [0.1, 0.15) is 13.8 Å². The highest BCUT2D eigenvalue weighted by atomic mass is 19.1. The third-order valence-corrected chi connectivity index (χ3v) is 2.05. The Kier molecular flexibility index (Phi) is 3.38. The van der Waals surface area contributed by atoms with E-state index in [2.05, 4.69) is 0 Å². The molecule has 0 saturated heterocycles. The first-order chi connectivity index (χ1) is 7.20. The Morgan fingerprint density at radius 3 is 2.12 bits per heavy atom. The highest BCUT2D eigenvalue weighted by Gasteiger charge is 2.21. The van der Waals surface area contributed by atoms with Gasteiger partial charge in [0, 0.05) is 19.3 Å². The zero-order valence-electron chi connectivity index (χ0n) is 9.59. The minimum Gasteiger partial charge on any atom is -0.399 e. The minimum absolute atomic E-state index is 0.0374. The topological polar surface area (TPSA) is 49.5 Å². The Bertz CT molecular complexity index is 365. The van der Waals surface area contributed by atoms with Crippen LogP contribution in [-0.4, -0.2) is 24.3 Å². The lowest BCUT2D eigenvalue weighted by molar-refractivity contribution is 0.0884. The smallest absolute Gasteiger partial charge is 0.151 e. The number of rotatable bonds is 3. The van der Waals surface area contributed by atoms with E-state index in [9.17, 15) is 13.9 Å². The van der Waals surface area contributed by atoms with Crippen molar-refractivity contribution in [3.05, 3.63) is 23.8 Å². The molecule has 0 saturated carbocycles. The van der Waals surface area contributed by atoms with E-state index in [1.807, 2.05) is 0 Å². The van der Waals surface area contributed by atoms with Gasteiger partial charge in [-0.2, -0.15) is 0 Å². The molecule has 0 heterocycles. The molecule has 0 aliphatic rings. The number of nitrogens with zero attached hydrogens (tertiary/aromatic N) is 1. The zero-order chi connectivity index (χ0) is 12.5. The fourth-order valence-electron chi connectivity index (χ4n) is 1.61. The van der Waals surface area contributed by atoms with Gasteiger partial charge >= 0.3 is 0 Å². The van der Waals surface area contributed by atoms with Gasteiger partial charge in [0.1, 0.15) is 5.69 Å². The van der Waals surface area contributed by atoms with E-state index in [-0.39, 0.29) is 17.9 Å². The molecule has 0 radical (unpaired) electrons. The molecule has 0 aliphatic heterocycles. The lowest BCUT2D eigenvalue weighted by atomic mass is 10.1. The molecule has 0 fully saturated rings. The number of hydrogen-bond acceptors (Lipinski definition) is 3. The first-order valence-corrected chi connectivity index (χ1v) is 4.89. The SMILES string of the molecule is CN(CC(C)(C)O)c1c(F)cc(N)cc1F. The van der Waals surface area contributed by atoms with E-state index in [0.717, 1.165) is 12.1 Å². The Morgan fingerprint density at radius 1 is 1.31 bits per heavy atom. The van der Waals surface area contributed by atoms with Gasteiger partial charge < -0.3 is 15.7 Å². The number of benzene rings is 1. The number of halogens is 2. The van der Waals surface area contributed by atoms with Crippen LogP contribution in [0.3, 0.4) is 0 Å². The summed E-state index contributed by atoms with van der Waals surface area (Å²) >= 11 is 0. The largest absolute Gasteiger partial charge is 0.399 e. The van der Waals surface area contributed by atoms with E-state index in [1.54, 1.807) is 13.8 Å². The summed E-state index contributed by atoms with van der Waals surface area (Å²) in [6.45, 7) is 3.25. The van der Waals surface area contributed by atoms with Gasteiger partial charge in [0.05, 0.1) is 5.60 Å². The van der Waals surface area contributed by atoms with Crippen molar-refractivity contribution in [2.45, 2.75) is 19.4 Å². The summed E-state index contributed by atoms with van der Waals surface area (Å²) in [6.07, 6.45) is 0. The van der Waals surface area contributed by atoms with Crippen molar-refractivity contribution in [1.82, 2.24) is 0 Å². The Morgan fingerprint density at radius 2 is 1.75 bits per heavy atom. The monoisotopic (exact) mass is 230 g/mol. The Labute approximate surface area is 93.5 Å². The first-order valence-electron chi connectivity index (χ1n) is 4.89. The van der Waals surface area contributed by atoms with Gasteiger partial charge in [-0.3, -0.25) is 0 Å². The van der Waals surface area contributed by atoms with Gasteiger partial charge in [-0.1, -0.05) is 0 Å². The normalized spacial score (nSPS) is 11.6. The summed E-state index contributed by atoms with van der Waals surface area (Å²) in [5.41, 5.74) is 4.13. The highest BCUT2D eigenvalue weighted by molar-refractivity contribution is 5.55. The molecule has 16 heavy (non-hydrogen) atoms. The van der Waals surface area contributed by atoms with Crippen molar-refractivity contribution in [1.29, 1.82) is 0 Å². The molecule has 0 unspecified atom stereocenters. The van der Waals surface area contributed by atoms with Crippen molar-refractivity contribution in [3.63, 3.8) is 0 Å². The molecule has 3 N–H and O–H groups in total. The number of nitrogen functional groups attached to an aromatic ring is 1. The van der Waals surface area contributed by atoms with Crippen LogP contribution in [-0.2, 0) is 0 Å². The maximum absolute atomic E-state index is 13.5. The lowest BCUT2D eigenvalue weighted by Gasteiger charge is -2.27. The van der Waals surface area contributed by atoms with Crippen molar-refractivity contribution in [3.8, 4) is 0 Å². The molecule has 1 rings (SSSR count). The maximum Gasteiger partial charge on any atom is 0.151 e. The van der Waals surface area contributed by atoms with Gasteiger partial charge in [0.25, 0.3) is 0 Å². The fraction of sp³-hybridized carbons (Fsp3) is 0.455. The van der Waals surface area contributed by atoms with Crippen molar-refractivity contribution >= 4 is 11.4 Å². The molecular weight excluding hydrogens is 214 g/mol. The molecule has 0 bridgehead atoms. The summed E-state index contributed by atoms with van der Waals surface area (Å²) in [5.74, 6) is -1.46. The van der Waals surface area contributed by atoms with Gasteiger partial charge in [-0.15, -0.1) is 0 Å². The predicted molar refractivity (Wildman–Crippen MR) is 60.3 cm³/mol. The zero-order valence-corrected chi connectivity index (χ0v) is 9.59. The van der Waals surface area contributed by atoms with Crippen molar-refractivity contribution < 1.29 is 13.9 Å². The van der Waals surface area contributed by atoms with E-state index in [0.29, 0.717) is 0 Å². The van der Waals surface area contributed by atoms with Crippen LogP contribution in [0.5, 0.6) is 0 Å². The molecule has 0 aromatic heterocycles. The van der Waals surface area contributed by atoms with Crippen LogP contribution in [0.15, 0.2) is 12.1 Å². The molecule has 90 valence electrons. The van der Waals surface area contributed by atoms with Gasteiger partial charge in [-0.05, 0) is 26.0 Å². The van der Waals surface area contributed by atoms with E-state index < -0.39 is 17.2 Å². The number of nitrogens with two attached hydrogens (primary N) is 1. The van der Waals surface area contributed by atoms with Gasteiger partial charge in [-0.25, -0.2) is 8.78 Å². The molecular formula is C11H16F2N2O. The van der Waals surface area contributed by atoms with Crippen molar-refractivity contribution in [2.24, 2.45) is 0 Å². The van der Waals surface area contributed by atoms with Gasteiger partial charge in [0.2, 0.25) is 0 Å². The van der Waals surface area contributed by atoms with Crippen LogP contribution in [0, 0.1) is 11.6 Å². The van der Waals surface area contributed by atoms with E-state index in [4.69, 9.17) is 5.73 Å². The molecule has 1 aromatic rings. The standard InChI is InChI=1S/C11H16F2N2O/c1-11(2,16)6-15(3)10-8(12)4-7(14)5-9(10)13/h4-5,16H,6,14H2,1-3H3. The second kappa shape index (κ2) is 4.25. The molecule has 5 heteroatoms. The average Bonchev–Trinajstić information content (AvgIpc) is 1.96. The van der Waals surface area contributed by atoms with E-state index in [1.165, 1.54) is 11.9 Å². The summed E-state index contributed by atoms with van der Waals surface area (Å²) in [7, 11) is 1.51. The molecule has 0 spiro atoms. The van der Waals surface area contributed by atoms with Crippen LogP contribution < -0.4 is 10.6 Å². The summed E-state index contributed by atoms with van der Waals surface area (Å²) < 4.78 is 27.0. The summed E-state index contributed by atoms with van der Waals surface area (Å²) in [6, 6.07) is 2.11. The van der Waals surface area contributed by atoms with Crippen LogP contribution in [0.25, 0.3) is 0 Å². The Balaban J connectivity index is 3.04. The number of hydrogen-bond donors (Lipinski definition) is 2. The number of likely N-dealkylation sites (N-methyl/N-ethyl adjacent to an activating group) is 1. The Hall–Kier alpha value is -1.36. The molecule has 1 aromatic carbocycles. The quantitative estimate of drug-likeness (QED) is 0.778. The summed E-state index contributed by atoms with van der Waals surface area (Å²) in [5, 5.41) is 9.57. The fourth-order valence-corrected chi connectivity index (χ4v) is 1.61. The predicted octanol–water partition coefficient (Wildman–Crippen LogP) is 1.75. The van der Waals surface area contributed by atoms with Crippen LogP contribution in [0.4, 0.5) is 20.2 Å². The van der Waals surface area contributed by atoms with Crippen LogP contribution >= 0.6 is 0 Å².